The molecule has 0 amide bonds. The number of hydrogen-bond acceptors (Lipinski definition) is 7. The molecule has 0 spiro atoms. The van der Waals surface area contributed by atoms with E-state index in [1.54, 1.807) is 0 Å². The molecule has 3 heterocycles. The van der Waals surface area contributed by atoms with E-state index in [0.29, 0.717) is 42.1 Å². The summed E-state index contributed by atoms with van der Waals surface area (Å²) in [6.45, 7) is 9.92. The van der Waals surface area contributed by atoms with Crippen molar-refractivity contribution in [1.82, 2.24) is 15.2 Å². The highest BCUT2D eigenvalue weighted by Gasteiger charge is 2.50. The van der Waals surface area contributed by atoms with E-state index in [1.807, 2.05) is 24.0 Å². The van der Waals surface area contributed by atoms with Crippen LogP contribution >= 0.6 is 22.9 Å². The zero-order valence-corrected chi connectivity index (χ0v) is 26.4. The van der Waals surface area contributed by atoms with Crippen LogP contribution in [0.5, 0.6) is 0 Å². The average Bonchev–Trinajstić information content (AvgIpc) is 3.39. The number of fused-ring (bicyclic) bond motifs is 1. The number of aryl methyl sites for hydroxylation is 1. The second kappa shape index (κ2) is 12.0. The quantitative estimate of drug-likeness (QED) is 0.180. The molecule has 0 fully saturated rings. The molecule has 7 nitrogen and oxygen atoms in total. The third kappa shape index (κ3) is 5.68. The SMILES string of the molecule is Cc1c(Cl)nnc2c1CCCN2c1nc(C(=O)O)c(CCCO[Si](c2ccccc2)(c2ccccc2)C(C)(C)C)s1. The van der Waals surface area contributed by atoms with Crippen LogP contribution in [0.25, 0.3) is 0 Å². The topological polar surface area (TPSA) is 88.4 Å². The maximum absolute atomic E-state index is 12.2. The molecule has 0 atom stereocenters. The lowest BCUT2D eigenvalue weighted by atomic mass is 10.0. The number of carboxylic acid groups (broad SMARTS) is 1. The summed E-state index contributed by atoms with van der Waals surface area (Å²) in [5.74, 6) is -0.309. The molecule has 5 rings (SSSR count). The van der Waals surface area contributed by atoms with Gasteiger partial charge in [-0.3, -0.25) is 0 Å². The van der Waals surface area contributed by atoms with Crippen LogP contribution in [-0.4, -0.2) is 47.7 Å². The number of carbonyl (C=O) groups is 1. The zero-order valence-electron chi connectivity index (χ0n) is 23.9. The summed E-state index contributed by atoms with van der Waals surface area (Å²) in [4.78, 5) is 19.5. The van der Waals surface area contributed by atoms with Gasteiger partial charge >= 0.3 is 5.97 Å². The van der Waals surface area contributed by atoms with Gasteiger partial charge in [0.05, 0.1) is 0 Å². The van der Waals surface area contributed by atoms with E-state index < -0.39 is 14.3 Å². The lowest BCUT2D eigenvalue weighted by Crippen LogP contribution is -2.66. The summed E-state index contributed by atoms with van der Waals surface area (Å²) in [6, 6.07) is 21.1. The Morgan fingerprint density at radius 2 is 1.71 bits per heavy atom. The number of benzene rings is 2. The number of hydrogen-bond donors (Lipinski definition) is 1. The number of rotatable bonds is 9. The smallest absolute Gasteiger partial charge is 0.355 e. The normalized spacial score (nSPS) is 13.7. The average molecular weight is 607 g/mol. The van der Waals surface area contributed by atoms with E-state index >= 15 is 0 Å². The number of aromatic carboxylic acids is 1. The fourth-order valence-corrected chi connectivity index (χ4v) is 11.6. The van der Waals surface area contributed by atoms with Gasteiger partial charge < -0.3 is 14.4 Å². The molecule has 0 bridgehead atoms. The summed E-state index contributed by atoms with van der Waals surface area (Å²) < 4.78 is 7.02. The zero-order chi connectivity index (χ0) is 29.2. The molecule has 10 heteroatoms. The van der Waals surface area contributed by atoms with Gasteiger partial charge in [-0.15, -0.1) is 21.5 Å². The highest BCUT2D eigenvalue weighted by atomic mass is 35.5. The molecule has 2 aromatic heterocycles. The van der Waals surface area contributed by atoms with Gasteiger partial charge in [-0.1, -0.05) is 93.0 Å². The summed E-state index contributed by atoms with van der Waals surface area (Å²) >= 11 is 7.64. The van der Waals surface area contributed by atoms with Crippen LogP contribution in [0, 0.1) is 6.92 Å². The van der Waals surface area contributed by atoms with E-state index in [2.05, 4.69) is 84.5 Å². The maximum atomic E-state index is 12.2. The second-order valence-corrected chi connectivity index (χ2v) is 17.1. The van der Waals surface area contributed by atoms with E-state index in [0.717, 1.165) is 28.8 Å². The lowest BCUT2D eigenvalue weighted by molar-refractivity contribution is 0.0690. The maximum Gasteiger partial charge on any atom is 0.355 e. The molecule has 0 saturated heterocycles. The Labute approximate surface area is 251 Å². The van der Waals surface area contributed by atoms with E-state index in [1.165, 1.54) is 21.7 Å². The first-order valence-corrected chi connectivity index (χ1v) is 17.0. The number of nitrogens with zero attached hydrogens (tertiary/aromatic N) is 4. The van der Waals surface area contributed by atoms with Crippen LogP contribution in [0.2, 0.25) is 10.2 Å². The van der Waals surface area contributed by atoms with Gasteiger partial charge in [-0.05, 0) is 53.6 Å². The van der Waals surface area contributed by atoms with Gasteiger partial charge in [0, 0.05) is 23.6 Å². The Balaban J connectivity index is 1.40. The first kappa shape index (κ1) is 29.4. The largest absolute Gasteiger partial charge is 0.476 e. The summed E-state index contributed by atoms with van der Waals surface area (Å²) in [5, 5.41) is 21.8. The van der Waals surface area contributed by atoms with Crippen LogP contribution in [0.15, 0.2) is 60.7 Å². The fraction of sp³-hybridized carbons (Fsp3) is 0.355. The van der Waals surface area contributed by atoms with Crippen LogP contribution in [0.3, 0.4) is 0 Å². The highest BCUT2D eigenvalue weighted by molar-refractivity contribution is 7.16. The van der Waals surface area contributed by atoms with Crippen molar-refractivity contribution in [3.63, 3.8) is 0 Å². The van der Waals surface area contributed by atoms with Crippen molar-refractivity contribution in [2.75, 3.05) is 18.1 Å². The Morgan fingerprint density at radius 1 is 1.07 bits per heavy atom. The molecule has 0 radical (unpaired) electrons. The number of aromatic nitrogens is 3. The summed E-state index contributed by atoms with van der Waals surface area (Å²) in [6.07, 6.45) is 3.00. The van der Waals surface area contributed by atoms with Crippen molar-refractivity contribution >= 4 is 58.5 Å². The van der Waals surface area contributed by atoms with Crippen LogP contribution in [0.4, 0.5) is 10.9 Å². The molecule has 4 aromatic rings. The molecule has 0 aliphatic carbocycles. The fourth-order valence-electron chi connectivity index (χ4n) is 5.75. The second-order valence-electron chi connectivity index (χ2n) is 11.4. The lowest BCUT2D eigenvalue weighted by Gasteiger charge is -2.43. The van der Waals surface area contributed by atoms with Crippen molar-refractivity contribution in [1.29, 1.82) is 0 Å². The van der Waals surface area contributed by atoms with E-state index in [4.69, 9.17) is 16.0 Å². The highest BCUT2D eigenvalue weighted by Crippen LogP contribution is 2.39. The standard InChI is InChI=1S/C31H35ClN4O3SSi/c1-21-24-17-11-19-36(28(24)35-34-27(21)32)30-33-26(29(37)38)25(40-30)18-12-20-39-41(31(2,3)4,22-13-7-5-8-14-22)23-15-9-6-10-16-23/h5-10,13-16H,11-12,17-20H2,1-4H3,(H,37,38). The molecular formula is C31H35ClN4O3SSi. The minimum atomic E-state index is -2.66. The number of thiazole rings is 1. The third-order valence-electron chi connectivity index (χ3n) is 7.73. The molecule has 41 heavy (non-hydrogen) atoms. The molecule has 214 valence electrons. The van der Waals surface area contributed by atoms with Crippen molar-refractivity contribution < 1.29 is 14.3 Å². The van der Waals surface area contributed by atoms with E-state index in [-0.39, 0.29) is 10.7 Å². The van der Waals surface area contributed by atoms with Crippen LogP contribution < -0.4 is 15.3 Å². The Kier molecular flexibility index (Phi) is 8.61. The minimum absolute atomic E-state index is 0.0983. The van der Waals surface area contributed by atoms with Crippen molar-refractivity contribution in [3.8, 4) is 0 Å². The number of halogens is 1. The van der Waals surface area contributed by atoms with Crippen molar-refractivity contribution in [2.45, 2.75) is 58.4 Å². The van der Waals surface area contributed by atoms with Gasteiger partial charge in [-0.25, -0.2) is 9.78 Å². The van der Waals surface area contributed by atoms with Gasteiger partial charge in [0.2, 0.25) is 0 Å². The molecular weight excluding hydrogens is 572 g/mol. The molecule has 2 aromatic carbocycles. The van der Waals surface area contributed by atoms with Crippen LogP contribution in [0.1, 0.15) is 60.1 Å². The van der Waals surface area contributed by atoms with Crippen molar-refractivity contribution in [3.05, 3.63) is 87.5 Å². The molecule has 1 aliphatic heterocycles. The van der Waals surface area contributed by atoms with Crippen molar-refractivity contribution in [2.24, 2.45) is 0 Å². The molecule has 1 aliphatic rings. The summed E-state index contributed by atoms with van der Waals surface area (Å²) in [5.41, 5.74) is 2.06. The molecule has 1 N–H and O–H groups in total. The van der Waals surface area contributed by atoms with Gasteiger partial charge in [-0.2, -0.15) is 0 Å². The van der Waals surface area contributed by atoms with Gasteiger partial charge in [0.15, 0.2) is 21.8 Å². The first-order valence-electron chi connectivity index (χ1n) is 13.9. The Bertz CT molecular complexity index is 1490. The predicted octanol–water partition coefficient (Wildman–Crippen LogP) is 6.19. The number of anilines is 2. The van der Waals surface area contributed by atoms with Gasteiger partial charge in [0.25, 0.3) is 8.32 Å². The monoisotopic (exact) mass is 606 g/mol. The molecule has 0 unspecified atom stereocenters. The first-order chi connectivity index (χ1) is 19.6. The third-order valence-corrected chi connectivity index (χ3v) is 14.3. The summed E-state index contributed by atoms with van der Waals surface area (Å²) in [7, 11) is -2.66. The molecule has 0 saturated carbocycles. The number of carboxylic acids is 1. The Morgan fingerprint density at radius 3 is 2.29 bits per heavy atom. The van der Waals surface area contributed by atoms with E-state index in [9.17, 15) is 9.90 Å². The minimum Gasteiger partial charge on any atom is -0.476 e. The Hall–Kier alpha value is -3.11. The predicted molar refractivity (Wildman–Crippen MR) is 168 cm³/mol. The van der Waals surface area contributed by atoms with Gasteiger partial charge in [0.1, 0.15) is 0 Å². The van der Waals surface area contributed by atoms with Crippen LogP contribution in [-0.2, 0) is 17.3 Å².